The van der Waals surface area contributed by atoms with Gasteiger partial charge in [0, 0.05) is 68.7 Å². The molecule has 0 bridgehead atoms. The van der Waals surface area contributed by atoms with Crippen molar-refractivity contribution in [1.82, 2.24) is 34.6 Å². The number of benzene rings is 2. The fourth-order valence-electron chi connectivity index (χ4n) is 7.81. The van der Waals surface area contributed by atoms with Gasteiger partial charge in [-0.15, -0.1) is 0 Å². The number of nitrogens with one attached hydrogen (secondary N) is 2. The van der Waals surface area contributed by atoms with E-state index in [0.717, 1.165) is 55.6 Å². The zero-order valence-electron chi connectivity index (χ0n) is 29.1. The maximum atomic E-state index is 13.8. The molecule has 268 valence electrons. The lowest BCUT2D eigenvalue weighted by Gasteiger charge is -2.36. The first-order valence-corrected chi connectivity index (χ1v) is 17.9. The lowest BCUT2D eigenvalue weighted by atomic mass is 10.0. The van der Waals surface area contributed by atoms with Crippen molar-refractivity contribution in [3.05, 3.63) is 88.4 Å². The summed E-state index contributed by atoms with van der Waals surface area (Å²) in [7, 11) is 0. The predicted octanol–water partition coefficient (Wildman–Crippen LogP) is 3.19. The van der Waals surface area contributed by atoms with Crippen LogP contribution in [0.4, 0.5) is 5.69 Å². The predicted molar refractivity (Wildman–Crippen MR) is 189 cm³/mol. The molecular weight excluding hydrogens is 664 g/mol. The molecule has 1 unspecified atom stereocenters. The van der Waals surface area contributed by atoms with Crippen molar-refractivity contribution < 1.29 is 28.7 Å². The van der Waals surface area contributed by atoms with Gasteiger partial charge in [0.1, 0.15) is 17.4 Å². The molecule has 0 saturated carbocycles. The summed E-state index contributed by atoms with van der Waals surface area (Å²) < 4.78 is 7.62. The molecule has 6 heterocycles. The van der Waals surface area contributed by atoms with Crippen LogP contribution >= 0.6 is 0 Å². The number of ether oxygens (including phenoxy) is 1. The second kappa shape index (κ2) is 13.5. The third-order valence-electron chi connectivity index (χ3n) is 10.5. The molecule has 4 aromatic rings. The highest BCUT2D eigenvalue weighted by Crippen LogP contribution is 2.37. The van der Waals surface area contributed by atoms with Gasteiger partial charge in [0.2, 0.25) is 11.8 Å². The molecule has 0 radical (unpaired) electrons. The Balaban J connectivity index is 0.882. The average Bonchev–Trinajstić information content (AvgIpc) is 3.80. The summed E-state index contributed by atoms with van der Waals surface area (Å²) in [6.45, 7) is 7.20. The van der Waals surface area contributed by atoms with Crippen LogP contribution in [0.5, 0.6) is 5.75 Å². The van der Waals surface area contributed by atoms with E-state index in [1.54, 1.807) is 33.9 Å². The fourth-order valence-corrected chi connectivity index (χ4v) is 7.81. The van der Waals surface area contributed by atoms with Crippen LogP contribution in [0.2, 0.25) is 0 Å². The van der Waals surface area contributed by atoms with Crippen LogP contribution in [-0.4, -0.2) is 96.7 Å². The first-order chi connectivity index (χ1) is 25.1. The van der Waals surface area contributed by atoms with E-state index < -0.39 is 11.9 Å². The monoisotopic (exact) mass is 704 g/mol. The number of anilines is 1. The fraction of sp³-hybridized carbons (Fsp3) is 0.395. The first kappa shape index (κ1) is 33.5. The van der Waals surface area contributed by atoms with Gasteiger partial charge in [-0.25, -0.2) is 9.50 Å². The Morgan fingerprint density at radius 3 is 2.54 bits per heavy atom. The summed E-state index contributed by atoms with van der Waals surface area (Å²) in [4.78, 5) is 74.4. The Hall–Kier alpha value is -5.63. The summed E-state index contributed by atoms with van der Waals surface area (Å²) in [5.41, 5.74) is 5.39. The molecule has 4 aliphatic rings. The van der Waals surface area contributed by atoms with Crippen molar-refractivity contribution in [1.29, 1.82) is 0 Å². The number of piperidine rings is 2. The van der Waals surface area contributed by atoms with Gasteiger partial charge in [0.05, 0.1) is 18.0 Å². The zero-order chi connectivity index (χ0) is 36.1. The van der Waals surface area contributed by atoms with E-state index in [0.29, 0.717) is 53.3 Å². The number of imide groups is 1. The van der Waals surface area contributed by atoms with Gasteiger partial charge in [-0.2, -0.15) is 5.10 Å². The number of carbonyl (C=O) groups excluding carboxylic acids is 5. The van der Waals surface area contributed by atoms with Gasteiger partial charge in [0.25, 0.3) is 17.7 Å². The Bertz CT molecular complexity index is 2120. The molecule has 14 heteroatoms. The van der Waals surface area contributed by atoms with Crippen molar-refractivity contribution in [2.24, 2.45) is 0 Å². The largest absolute Gasteiger partial charge is 0.489 e. The van der Waals surface area contributed by atoms with Crippen molar-refractivity contribution in [2.75, 3.05) is 25.0 Å². The maximum absolute atomic E-state index is 13.8. The van der Waals surface area contributed by atoms with Gasteiger partial charge >= 0.3 is 0 Å². The molecule has 8 rings (SSSR count). The molecule has 2 aromatic carbocycles. The van der Waals surface area contributed by atoms with Crippen molar-refractivity contribution in [3.8, 4) is 5.75 Å². The molecule has 4 aliphatic heterocycles. The highest BCUT2D eigenvalue weighted by molar-refractivity contribution is 6.09. The van der Waals surface area contributed by atoms with E-state index in [2.05, 4.69) is 31.7 Å². The Morgan fingerprint density at radius 1 is 0.981 bits per heavy atom. The van der Waals surface area contributed by atoms with E-state index in [1.807, 2.05) is 36.9 Å². The van der Waals surface area contributed by atoms with E-state index in [-0.39, 0.29) is 42.2 Å². The number of amides is 5. The molecule has 0 spiro atoms. The van der Waals surface area contributed by atoms with E-state index in [9.17, 15) is 24.0 Å². The number of aromatic nitrogens is 3. The molecule has 2 fully saturated rings. The second-order valence-corrected chi connectivity index (χ2v) is 14.2. The van der Waals surface area contributed by atoms with Crippen LogP contribution in [-0.2, 0) is 29.1 Å². The Morgan fingerprint density at radius 2 is 1.75 bits per heavy atom. The van der Waals surface area contributed by atoms with Crippen molar-refractivity contribution in [3.63, 3.8) is 0 Å². The van der Waals surface area contributed by atoms with Gasteiger partial charge < -0.3 is 24.8 Å². The quantitative estimate of drug-likeness (QED) is 0.250. The van der Waals surface area contributed by atoms with Crippen LogP contribution in [0.3, 0.4) is 0 Å². The Kier molecular flexibility index (Phi) is 8.69. The molecule has 2 N–H and O–H groups in total. The zero-order valence-corrected chi connectivity index (χ0v) is 29.1. The summed E-state index contributed by atoms with van der Waals surface area (Å²) >= 11 is 0. The normalized spacial score (nSPS) is 19.4. The van der Waals surface area contributed by atoms with Gasteiger partial charge in [-0.3, -0.25) is 29.3 Å². The molecule has 1 atom stereocenters. The van der Waals surface area contributed by atoms with Gasteiger partial charge in [0.15, 0.2) is 5.65 Å². The number of nitrogens with zero attached hydrogens (tertiary/aromatic N) is 6. The van der Waals surface area contributed by atoms with Crippen LogP contribution in [0, 0.1) is 0 Å². The number of hydrogen-bond acceptors (Lipinski definition) is 9. The lowest BCUT2D eigenvalue weighted by Crippen LogP contribution is -2.52. The SMILES string of the molecule is CC(C)Oc1cc2c(cc1NC(=O)c1cnn3cccnc13)CN(C1CCN(CCc3ccc4c(c3)CN(C3CCC(=O)NC3=O)C4=O)CC1)C2=O. The minimum absolute atomic E-state index is 0.0224. The Labute approximate surface area is 300 Å². The first-order valence-electron chi connectivity index (χ1n) is 17.9. The summed E-state index contributed by atoms with van der Waals surface area (Å²) in [5.74, 6) is -0.810. The molecule has 2 saturated heterocycles. The lowest BCUT2D eigenvalue weighted by molar-refractivity contribution is -0.136. The van der Waals surface area contributed by atoms with Crippen LogP contribution in [0.15, 0.2) is 55.0 Å². The maximum Gasteiger partial charge on any atom is 0.261 e. The van der Waals surface area contributed by atoms with E-state index in [4.69, 9.17) is 4.74 Å². The highest BCUT2D eigenvalue weighted by Gasteiger charge is 2.39. The number of carbonyl (C=O) groups is 5. The summed E-state index contributed by atoms with van der Waals surface area (Å²) in [5, 5.41) is 9.56. The molecule has 52 heavy (non-hydrogen) atoms. The third kappa shape index (κ3) is 6.27. The molecule has 5 amide bonds. The van der Waals surface area contributed by atoms with Crippen LogP contribution in [0.1, 0.15) is 87.3 Å². The van der Waals surface area contributed by atoms with Crippen molar-refractivity contribution >= 4 is 40.9 Å². The molecule has 14 nitrogen and oxygen atoms in total. The topological polar surface area (TPSA) is 159 Å². The summed E-state index contributed by atoms with van der Waals surface area (Å²) in [6.07, 6.45) is 7.74. The van der Waals surface area contributed by atoms with Crippen LogP contribution < -0.4 is 15.4 Å². The number of fused-ring (bicyclic) bond motifs is 3. The third-order valence-corrected chi connectivity index (χ3v) is 10.5. The number of rotatable bonds is 9. The van der Waals surface area contributed by atoms with E-state index >= 15 is 0 Å². The average molecular weight is 705 g/mol. The summed E-state index contributed by atoms with van der Waals surface area (Å²) in [6, 6.07) is 10.7. The van der Waals surface area contributed by atoms with Gasteiger partial charge in [-0.05, 0) is 80.5 Å². The van der Waals surface area contributed by atoms with E-state index in [1.165, 1.54) is 6.20 Å². The van der Waals surface area contributed by atoms with Gasteiger partial charge in [-0.1, -0.05) is 12.1 Å². The highest BCUT2D eigenvalue weighted by atomic mass is 16.5. The second-order valence-electron chi connectivity index (χ2n) is 14.2. The standard InChI is InChI=1S/C38H40N8O6/c1-22(2)52-32-18-28-25(17-30(32)41-35(48)29-19-40-46-12-3-11-39-34(29)46)20-44(38(28)51)26-9-14-43(15-10-26)13-8-23-4-5-27-24(16-23)21-45(37(27)50)31-6-7-33(47)42-36(31)49/h3-5,11-12,16-19,22,26,31H,6-10,13-15,20-21H2,1-2H3,(H,41,48)(H,42,47,49). The molecule has 2 aromatic heterocycles. The minimum Gasteiger partial charge on any atom is -0.489 e. The molecular formula is C38H40N8O6. The van der Waals surface area contributed by atoms with Crippen molar-refractivity contribution in [2.45, 2.75) is 77.2 Å². The number of likely N-dealkylation sites (tertiary alicyclic amines) is 1. The molecule has 0 aliphatic carbocycles. The number of hydrogen-bond donors (Lipinski definition) is 2. The smallest absolute Gasteiger partial charge is 0.261 e. The van der Waals surface area contributed by atoms with Crippen LogP contribution in [0.25, 0.3) is 5.65 Å². The minimum atomic E-state index is -0.622.